The summed E-state index contributed by atoms with van der Waals surface area (Å²) in [6.07, 6.45) is 6.16. The molecule has 6 nitrogen and oxygen atoms in total. The monoisotopic (exact) mass is 265 g/mol. The fourth-order valence-corrected chi connectivity index (χ4v) is 2.42. The largest absolute Gasteiger partial charge is 0.481 e. The van der Waals surface area contributed by atoms with Gasteiger partial charge in [0.2, 0.25) is 5.91 Å². The molecule has 0 aliphatic carbocycles. The summed E-state index contributed by atoms with van der Waals surface area (Å²) in [5, 5.41) is 13.1. The van der Waals surface area contributed by atoms with Crippen molar-refractivity contribution < 1.29 is 14.7 Å². The number of hydrogen-bond acceptors (Lipinski definition) is 3. The Morgan fingerprint density at radius 1 is 1.53 bits per heavy atom. The Kier molecular flexibility index (Phi) is 4.19. The number of rotatable bonds is 4. The molecule has 2 heterocycles. The molecule has 1 aromatic rings. The number of carbonyl (C=O) groups is 2. The lowest BCUT2D eigenvalue weighted by Gasteiger charge is -2.30. The molecular weight excluding hydrogens is 246 g/mol. The first-order valence-corrected chi connectivity index (χ1v) is 6.54. The number of nitrogens with zero attached hydrogens (tertiary/aromatic N) is 3. The minimum absolute atomic E-state index is 0.0369. The number of carbonyl (C=O) groups excluding carboxylic acids is 1. The minimum atomic E-state index is -0.801. The molecule has 2 rings (SSSR count). The number of aliphatic carboxylic acids is 1. The van der Waals surface area contributed by atoms with E-state index in [9.17, 15) is 9.59 Å². The van der Waals surface area contributed by atoms with Crippen LogP contribution >= 0.6 is 0 Å². The lowest BCUT2D eigenvalue weighted by atomic mass is 9.98. The first-order chi connectivity index (χ1) is 9.06. The summed E-state index contributed by atoms with van der Waals surface area (Å²) in [6, 6.07) is 0. The van der Waals surface area contributed by atoms with Crippen LogP contribution < -0.4 is 0 Å². The summed E-state index contributed by atoms with van der Waals surface area (Å²) in [6.45, 7) is 1.02. The SMILES string of the molecule is Cn1cc(CCC(=O)N2CCC[C@H](C(=O)O)C2)cn1. The Bertz CT molecular complexity index is 469. The number of aromatic nitrogens is 2. The van der Waals surface area contributed by atoms with Gasteiger partial charge < -0.3 is 10.0 Å². The van der Waals surface area contributed by atoms with E-state index in [2.05, 4.69) is 5.10 Å². The van der Waals surface area contributed by atoms with Gasteiger partial charge in [0.15, 0.2) is 0 Å². The fourth-order valence-electron chi connectivity index (χ4n) is 2.42. The number of piperidine rings is 1. The predicted octanol–water partition coefficient (Wildman–Crippen LogP) is 0.676. The van der Waals surface area contributed by atoms with Gasteiger partial charge in [0.25, 0.3) is 0 Å². The molecule has 0 aromatic carbocycles. The molecule has 1 N–H and O–H groups in total. The topological polar surface area (TPSA) is 75.4 Å². The zero-order valence-electron chi connectivity index (χ0n) is 11.1. The first-order valence-electron chi connectivity index (χ1n) is 6.54. The average molecular weight is 265 g/mol. The summed E-state index contributed by atoms with van der Waals surface area (Å²) >= 11 is 0. The number of carboxylic acids is 1. The normalized spacial score (nSPS) is 19.4. The molecular formula is C13H19N3O3. The second-order valence-corrected chi connectivity index (χ2v) is 5.04. The number of amides is 1. The Morgan fingerprint density at radius 3 is 2.95 bits per heavy atom. The summed E-state index contributed by atoms with van der Waals surface area (Å²) < 4.78 is 1.71. The van der Waals surface area contributed by atoms with E-state index in [1.54, 1.807) is 15.8 Å². The van der Waals surface area contributed by atoms with Crippen molar-refractivity contribution in [3.8, 4) is 0 Å². The first kappa shape index (κ1) is 13.6. The van der Waals surface area contributed by atoms with Gasteiger partial charge >= 0.3 is 5.97 Å². The van der Waals surface area contributed by atoms with Gasteiger partial charge in [0.1, 0.15) is 0 Å². The van der Waals surface area contributed by atoms with Crippen molar-refractivity contribution in [1.29, 1.82) is 0 Å². The van der Waals surface area contributed by atoms with Crippen molar-refractivity contribution in [2.45, 2.75) is 25.7 Å². The van der Waals surface area contributed by atoms with Gasteiger partial charge in [-0.15, -0.1) is 0 Å². The molecule has 1 amide bonds. The van der Waals surface area contributed by atoms with Gasteiger partial charge in [0, 0.05) is 32.8 Å². The Hall–Kier alpha value is -1.85. The average Bonchev–Trinajstić information content (AvgIpc) is 2.82. The van der Waals surface area contributed by atoms with Crippen molar-refractivity contribution in [3.63, 3.8) is 0 Å². The zero-order valence-corrected chi connectivity index (χ0v) is 11.1. The minimum Gasteiger partial charge on any atom is -0.481 e. The van der Waals surface area contributed by atoms with Gasteiger partial charge in [-0.3, -0.25) is 14.3 Å². The van der Waals surface area contributed by atoms with E-state index in [4.69, 9.17) is 5.11 Å². The van der Waals surface area contributed by atoms with Crippen molar-refractivity contribution in [3.05, 3.63) is 18.0 Å². The van der Waals surface area contributed by atoms with Crippen molar-refractivity contribution in [1.82, 2.24) is 14.7 Å². The molecule has 1 atom stereocenters. The summed E-state index contributed by atoms with van der Waals surface area (Å²) in [5.74, 6) is -1.17. The van der Waals surface area contributed by atoms with E-state index < -0.39 is 11.9 Å². The number of aryl methyl sites for hydroxylation is 2. The molecule has 0 bridgehead atoms. The second kappa shape index (κ2) is 5.86. The fraction of sp³-hybridized carbons (Fsp3) is 0.615. The van der Waals surface area contributed by atoms with Crippen LogP contribution in [0, 0.1) is 5.92 Å². The smallest absolute Gasteiger partial charge is 0.308 e. The quantitative estimate of drug-likeness (QED) is 0.868. The van der Waals surface area contributed by atoms with E-state index in [1.807, 2.05) is 13.2 Å². The summed E-state index contributed by atoms with van der Waals surface area (Å²) in [5.41, 5.74) is 1.03. The third-order valence-corrected chi connectivity index (χ3v) is 3.51. The molecule has 0 radical (unpaired) electrons. The molecule has 1 aliphatic heterocycles. The molecule has 1 saturated heterocycles. The Balaban J connectivity index is 1.84. The highest BCUT2D eigenvalue weighted by Crippen LogP contribution is 2.17. The van der Waals surface area contributed by atoms with E-state index in [1.165, 1.54) is 0 Å². The zero-order chi connectivity index (χ0) is 13.8. The van der Waals surface area contributed by atoms with Gasteiger partial charge in [-0.2, -0.15) is 5.10 Å². The lowest BCUT2D eigenvalue weighted by molar-refractivity contribution is -0.145. The van der Waals surface area contributed by atoms with Gasteiger partial charge in [-0.25, -0.2) is 0 Å². The third-order valence-electron chi connectivity index (χ3n) is 3.51. The van der Waals surface area contributed by atoms with Crippen LogP contribution in [0.3, 0.4) is 0 Å². The highest BCUT2D eigenvalue weighted by molar-refractivity contribution is 5.78. The molecule has 19 heavy (non-hydrogen) atoms. The molecule has 0 saturated carbocycles. The number of hydrogen-bond donors (Lipinski definition) is 1. The third kappa shape index (κ3) is 3.56. The van der Waals surface area contributed by atoms with Crippen LogP contribution in [0.5, 0.6) is 0 Å². The van der Waals surface area contributed by atoms with Crippen LogP contribution in [0.1, 0.15) is 24.8 Å². The van der Waals surface area contributed by atoms with Crippen LogP contribution in [-0.2, 0) is 23.1 Å². The molecule has 0 unspecified atom stereocenters. The van der Waals surface area contributed by atoms with E-state index in [0.717, 1.165) is 12.0 Å². The molecule has 1 aromatic heterocycles. The van der Waals surface area contributed by atoms with E-state index in [0.29, 0.717) is 32.4 Å². The summed E-state index contributed by atoms with van der Waals surface area (Å²) in [7, 11) is 1.84. The molecule has 1 fully saturated rings. The molecule has 6 heteroatoms. The maximum absolute atomic E-state index is 12.1. The van der Waals surface area contributed by atoms with Crippen molar-refractivity contribution >= 4 is 11.9 Å². The predicted molar refractivity (Wildman–Crippen MR) is 68.5 cm³/mol. The maximum Gasteiger partial charge on any atom is 0.308 e. The standard InChI is InChI=1S/C13H19N3O3/c1-15-8-10(7-14-15)4-5-12(17)16-6-2-3-11(9-16)13(18)19/h7-8,11H,2-6,9H2,1H3,(H,18,19)/t11-/m0/s1. The van der Waals surface area contributed by atoms with Gasteiger partial charge in [-0.05, 0) is 24.8 Å². The second-order valence-electron chi connectivity index (χ2n) is 5.04. The van der Waals surface area contributed by atoms with Gasteiger partial charge in [0.05, 0.1) is 12.1 Å². The van der Waals surface area contributed by atoms with Crippen molar-refractivity contribution in [2.75, 3.05) is 13.1 Å². The Labute approximate surface area is 112 Å². The summed E-state index contributed by atoms with van der Waals surface area (Å²) in [4.78, 5) is 24.7. The van der Waals surface area contributed by atoms with E-state index in [-0.39, 0.29) is 5.91 Å². The van der Waals surface area contributed by atoms with Crippen molar-refractivity contribution in [2.24, 2.45) is 13.0 Å². The molecule has 0 spiro atoms. The van der Waals surface area contributed by atoms with Crippen LogP contribution in [0.2, 0.25) is 0 Å². The lowest BCUT2D eigenvalue weighted by Crippen LogP contribution is -2.42. The molecule has 104 valence electrons. The number of likely N-dealkylation sites (tertiary alicyclic amines) is 1. The Morgan fingerprint density at radius 2 is 2.32 bits per heavy atom. The maximum atomic E-state index is 12.1. The van der Waals surface area contributed by atoms with Crippen LogP contribution in [0.15, 0.2) is 12.4 Å². The van der Waals surface area contributed by atoms with Crippen LogP contribution in [0.4, 0.5) is 0 Å². The van der Waals surface area contributed by atoms with Crippen LogP contribution in [-0.4, -0.2) is 44.8 Å². The van der Waals surface area contributed by atoms with E-state index >= 15 is 0 Å². The molecule has 1 aliphatic rings. The van der Waals surface area contributed by atoms with Crippen LogP contribution in [0.25, 0.3) is 0 Å². The van der Waals surface area contributed by atoms with Gasteiger partial charge in [-0.1, -0.05) is 0 Å². The highest BCUT2D eigenvalue weighted by Gasteiger charge is 2.27. The highest BCUT2D eigenvalue weighted by atomic mass is 16.4. The number of carboxylic acid groups (broad SMARTS) is 1.